The van der Waals surface area contributed by atoms with Crippen LogP contribution in [-0.4, -0.2) is 47.4 Å². The van der Waals surface area contributed by atoms with Crippen LogP contribution < -0.4 is 16.7 Å². The second-order valence-corrected chi connectivity index (χ2v) is 8.38. The Morgan fingerprint density at radius 3 is 2.45 bits per heavy atom. The predicted molar refractivity (Wildman–Crippen MR) is 119 cm³/mol. The Morgan fingerprint density at radius 2 is 1.79 bits per heavy atom. The summed E-state index contributed by atoms with van der Waals surface area (Å²) in [6.07, 6.45) is -3.58. The van der Waals surface area contributed by atoms with Crippen molar-refractivity contribution in [3.05, 3.63) is 91.1 Å². The maximum atomic E-state index is 14.5. The molecule has 0 bridgehead atoms. The molecule has 2 aliphatic rings. The number of fused-ring (bicyclic) bond motifs is 1. The van der Waals surface area contributed by atoms with E-state index >= 15 is 0 Å². The maximum Gasteiger partial charge on any atom is 0.486 e. The van der Waals surface area contributed by atoms with Crippen LogP contribution in [-0.2, 0) is 29.5 Å². The van der Waals surface area contributed by atoms with Gasteiger partial charge in [-0.05, 0) is 12.2 Å². The average molecular weight is 563 g/mol. The fraction of sp³-hybridized carbons (Fsp3) is 0.286. The Bertz CT molecular complexity index is 1700. The van der Waals surface area contributed by atoms with Crippen molar-refractivity contribution in [3.63, 3.8) is 0 Å². The summed E-state index contributed by atoms with van der Waals surface area (Å²) in [5.74, 6) is -4.90. The summed E-state index contributed by atoms with van der Waals surface area (Å²) in [5.41, 5.74) is -3.44. The van der Waals surface area contributed by atoms with E-state index in [9.17, 15) is 31.5 Å². The number of nitrogens with one attached hydrogen (secondary N) is 1. The Balaban J connectivity index is 1.58. The van der Waals surface area contributed by atoms with Crippen LogP contribution >= 0.6 is 11.6 Å². The smallest absolute Gasteiger partial charge is 0.324 e. The molecule has 1 aliphatic carbocycles. The molecule has 1 aliphatic heterocycles. The molecule has 1 fully saturated rings. The molecule has 38 heavy (non-hydrogen) atoms. The lowest BCUT2D eigenvalue weighted by Gasteiger charge is -2.21. The molecule has 2 aromatic heterocycles. The molecule has 0 radical (unpaired) electrons. The number of rotatable bonds is 6. The SMILES string of the molecule is [2H]C([2H])([2H])n1cnc(Cn2c(=O)nc(NC3=CC4OC(F)(F)OC4C=C3Cl)n(Cc3c(F)cc(F)cc3F)c2=O)n1. The lowest BCUT2D eigenvalue weighted by molar-refractivity contribution is -0.347. The molecule has 1 N–H and O–H groups in total. The minimum atomic E-state index is -3.92. The van der Waals surface area contributed by atoms with Crippen LogP contribution in [0.3, 0.4) is 0 Å². The number of hydrogen-bond donors (Lipinski definition) is 1. The van der Waals surface area contributed by atoms with Gasteiger partial charge in [-0.25, -0.2) is 32.3 Å². The molecule has 11 nitrogen and oxygen atoms in total. The summed E-state index contributed by atoms with van der Waals surface area (Å²) in [6, 6.07) is 0.735. The third-order valence-electron chi connectivity index (χ3n) is 5.43. The normalized spacial score (nSPS) is 21.7. The summed E-state index contributed by atoms with van der Waals surface area (Å²) in [4.78, 5) is 33.8. The molecular weight excluding hydrogens is 545 g/mol. The molecule has 200 valence electrons. The lowest BCUT2D eigenvalue weighted by Crippen LogP contribution is -2.43. The number of hydrogen-bond acceptors (Lipinski definition) is 8. The van der Waals surface area contributed by atoms with Crippen LogP contribution in [0.25, 0.3) is 0 Å². The van der Waals surface area contributed by atoms with E-state index in [4.69, 9.17) is 15.7 Å². The predicted octanol–water partition coefficient (Wildman–Crippen LogP) is 1.81. The average Bonchev–Trinajstić information content (AvgIpc) is 3.43. The van der Waals surface area contributed by atoms with Crippen molar-refractivity contribution in [2.24, 2.45) is 6.98 Å². The number of nitrogens with zero attached hydrogens (tertiary/aromatic N) is 6. The van der Waals surface area contributed by atoms with E-state index < -0.39 is 78.9 Å². The zero-order valence-electron chi connectivity index (χ0n) is 21.5. The molecule has 0 amide bonds. The Labute approximate surface area is 217 Å². The molecule has 3 aromatic rings. The van der Waals surface area contributed by atoms with E-state index in [2.05, 4.69) is 29.9 Å². The van der Waals surface area contributed by atoms with Crippen molar-refractivity contribution < 1.29 is 35.5 Å². The van der Waals surface area contributed by atoms with Crippen LogP contribution in [0.5, 0.6) is 0 Å². The highest BCUT2D eigenvalue weighted by Crippen LogP contribution is 2.38. The van der Waals surface area contributed by atoms with Gasteiger partial charge in [0.15, 0.2) is 5.82 Å². The summed E-state index contributed by atoms with van der Waals surface area (Å²) in [5, 5.41) is 5.97. The second kappa shape index (κ2) is 9.45. The topological polar surface area (TPSA) is 118 Å². The number of allylic oxidation sites excluding steroid dienone is 1. The molecular formula is C21H15ClF5N7O4. The number of anilines is 1. The van der Waals surface area contributed by atoms with E-state index in [-0.39, 0.29) is 16.6 Å². The highest BCUT2D eigenvalue weighted by atomic mass is 35.5. The quantitative estimate of drug-likeness (QED) is 0.452. The Morgan fingerprint density at radius 1 is 1.11 bits per heavy atom. The Kier molecular flexibility index (Phi) is 5.50. The first-order chi connectivity index (χ1) is 19.1. The van der Waals surface area contributed by atoms with E-state index in [1.165, 1.54) is 0 Å². The van der Waals surface area contributed by atoms with Gasteiger partial charge < -0.3 is 5.32 Å². The van der Waals surface area contributed by atoms with E-state index in [0.717, 1.165) is 18.5 Å². The van der Waals surface area contributed by atoms with Gasteiger partial charge in [0.05, 0.1) is 23.8 Å². The molecule has 17 heteroatoms. The third-order valence-corrected chi connectivity index (χ3v) is 5.76. The van der Waals surface area contributed by atoms with Crippen molar-refractivity contribution in [1.29, 1.82) is 0 Å². The molecule has 5 rings (SSSR count). The summed E-state index contributed by atoms with van der Waals surface area (Å²) in [6.45, 7) is -4.35. The van der Waals surface area contributed by atoms with E-state index in [1.807, 2.05) is 0 Å². The van der Waals surface area contributed by atoms with Crippen LogP contribution in [0.1, 0.15) is 15.5 Å². The molecule has 0 spiro atoms. The molecule has 1 saturated heterocycles. The minimum absolute atomic E-state index is 0.176. The molecule has 2 unspecified atom stereocenters. The molecule has 0 saturated carbocycles. The summed E-state index contributed by atoms with van der Waals surface area (Å²) in [7, 11) is 0. The summed E-state index contributed by atoms with van der Waals surface area (Å²) >= 11 is 6.15. The van der Waals surface area contributed by atoms with Gasteiger partial charge in [-0.2, -0.15) is 10.1 Å². The van der Waals surface area contributed by atoms with Gasteiger partial charge >= 0.3 is 17.7 Å². The van der Waals surface area contributed by atoms with Gasteiger partial charge in [0.1, 0.15) is 36.0 Å². The standard InChI is InChI=1S/C21H15ClF5N7O4/c1-32-8-28-17(31-32)7-34-19(35)30-18(29-14-5-16-15(4-11(14)22)37-21(26,27)38-16)33(20(34)36)6-10-12(24)2-9(23)3-13(10)25/h2-5,8,15-16H,6-7H2,1H3,(H,29,30,35)/i1D3. The van der Waals surface area contributed by atoms with Gasteiger partial charge in [-0.15, -0.1) is 8.78 Å². The zero-order chi connectivity index (χ0) is 29.9. The zero-order valence-corrected chi connectivity index (χ0v) is 19.3. The third kappa shape index (κ3) is 4.97. The number of benzene rings is 1. The first kappa shape index (κ1) is 22.1. The lowest BCUT2D eigenvalue weighted by atomic mass is 10.1. The maximum absolute atomic E-state index is 14.5. The first-order valence-electron chi connectivity index (χ1n) is 12.0. The van der Waals surface area contributed by atoms with Gasteiger partial charge in [0.25, 0.3) is 0 Å². The van der Waals surface area contributed by atoms with Crippen LogP contribution in [0.4, 0.5) is 27.9 Å². The first-order valence-corrected chi connectivity index (χ1v) is 10.9. The monoisotopic (exact) mass is 562 g/mol. The number of halogens is 6. The van der Waals surface area contributed by atoms with E-state index in [1.54, 1.807) is 0 Å². The fourth-order valence-corrected chi connectivity index (χ4v) is 3.97. The van der Waals surface area contributed by atoms with Gasteiger partial charge in [0, 0.05) is 28.8 Å². The number of aromatic nitrogens is 6. The molecule has 1 aromatic carbocycles. The molecule has 2 atom stereocenters. The van der Waals surface area contributed by atoms with Crippen molar-refractivity contribution in [2.45, 2.75) is 31.6 Å². The Hall–Kier alpha value is -3.89. The van der Waals surface area contributed by atoms with Crippen molar-refractivity contribution in [1.82, 2.24) is 28.9 Å². The van der Waals surface area contributed by atoms with Crippen LogP contribution in [0, 0.1) is 17.5 Å². The summed E-state index contributed by atoms with van der Waals surface area (Å²) < 4.78 is 102. The highest BCUT2D eigenvalue weighted by Gasteiger charge is 2.49. The van der Waals surface area contributed by atoms with Gasteiger partial charge in [0.2, 0.25) is 5.95 Å². The number of alkyl halides is 2. The molecule has 3 heterocycles. The second-order valence-electron chi connectivity index (χ2n) is 7.97. The minimum Gasteiger partial charge on any atom is -0.324 e. The highest BCUT2D eigenvalue weighted by molar-refractivity contribution is 6.32. The van der Waals surface area contributed by atoms with Crippen molar-refractivity contribution in [2.75, 3.05) is 5.32 Å². The largest absolute Gasteiger partial charge is 0.486 e. The fourth-order valence-electron chi connectivity index (χ4n) is 3.73. The number of aryl methyl sites for hydroxylation is 1. The van der Waals surface area contributed by atoms with Crippen LogP contribution in [0.15, 0.2) is 50.9 Å². The van der Waals surface area contributed by atoms with Crippen molar-refractivity contribution >= 4 is 17.5 Å². The van der Waals surface area contributed by atoms with Gasteiger partial charge in [-0.1, -0.05) is 11.6 Å². The van der Waals surface area contributed by atoms with Gasteiger partial charge in [-0.3, -0.25) is 18.7 Å². The van der Waals surface area contributed by atoms with E-state index in [0.29, 0.717) is 25.9 Å². The number of ether oxygens (including phenoxy) is 2. The van der Waals surface area contributed by atoms with Crippen molar-refractivity contribution in [3.8, 4) is 0 Å². The van der Waals surface area contributed by atoms with Crippen LogP contribution in [0.2, 0.25) is 0 Å².